The van der Waals surface area contributed by atoms with Crippen LogP contribution >= 0.6 is 0 Å². The summed E-state index contributed by atoms with van der Waals surface area (Å²) in [6.07, 6.45) is 8.97. The van der Waals surface area contributed by atoms with Gasteiger partial charge < -0.3 is 5.32 Å². The lowest BCUT2D eigenvalue weighted by atomic mass is 9.84. The smallest absolute Gasteiger partial charge is 0.0683 e. The van der Waals surface area contributed by atoms with Crippen LogP contribution in [0.3, 0.4) is 0 Å². The van der Waals surface area contributed by atoms with Gasteiger partial charge >= 0.3 is 0 Å². The molecule has 0 saturated heterocycles. The molecule has 2 nitrogen and oxygen atoms in total. The Bertz CT molecular complexity index is 244. The lowest BCUT2D eigenvalue weighted by Crippen LogP contribution is -2.34. The number of hydrogen-bond acceptors (Lipinski definition) is 2. The molecule has 0 heterocycles. The van der Waals surface area contributed by atoms with Crippen molar-refractivity contribution in [2.45, 2.75) is 71.8 Å². The van der Waals surface area contributed by atoms with Crippen LogP contribution in [-0.4, -0.2) is 12.6 Å². The van der Waals surface area contributed by atoms with Crippen molar-refractivity contribution >= 4 is 0 Å². The molecule has 1 rings (SSSR count). The van der Waals surface area contributed by atoms with E-state index in [0.717, 1.165) is 31.3 Å². The predicted molar refractivity (Wildman–Crippen MR) is 72.7 cm³/mol. The first-order valence-electron chi connectivity index (χ1n) is 7.22. The zero-order valence-electron chi connectivity index (χ0n) is 11.8. The highest BCUT2D eigenvalue weighted by molar-refractivity contribution is 4.91. The van der Waals surface area contributed by atoms with Gasteiger partial charge in [-0.1, -0.05) is 13.3 Å². The van der Waals surface area contributed by atoms with Gasteiger partial charge in [-0.05, 0) is 64.8 Å². The van der Waals surface area contributed by atoms with Gasteiger partial charge in [-0.2, -0.15) is 5.26 Å². The molecule has 2 heteroatoms. The van der Waals surface area contributed by atoms with E-state index in [-0.39, 0.29) is 5.41 Å². The Morgan fingerprint density at radius 2 is 1.88 bits per heavy atom. The van der Waals surface area contributed by atoms with E-state index in [4.69, 9.17) is 5.26 Å². The zero-order valence-corrected chi connectivity index (χ0v) is 11.8. The number of rotatable bonds is 6. The first kappa shape index (κ1) is 14.5. The average Bonchev–Trinajstić information content (AvgIpc) is 2.35. The Hall–Kier alpha value is -0.550. The third-order valence-electron chi connectivity index (χ3n) is 4.14. The van der Waals surface area contributed by atoms with E-state index in [1.807, 2.05) is 13.8 Å². The van der Waals surface area contributed by atoms with Crippen LogP contribution in [0.25, 0.3) is 0 Å². The third-order valence-corrected chi connectivity index (χ3v) is 4.14. The highest BCUT2D eigenvalue weighted by Gasteiger charge is 2.20. The topological polar surface area (TPSA) is 35.8 Å². The summed E-state index contributed by atoms with van der Waals surface area (Å²) in [5.74, 6) is 0.977. The summed E-state index contributed by atoms with van der Waals surface area (Å²) < 4.78 is 0. The monoisotopic (exact) mass is 236 g/mol. The first-order valence-corrected chi connectivity index (χ1v) is 7.22. The van der Waals surface area contributed by atoms with Crippen molar-refractivity contribution in [2.24, 2.45) is 11.3 Å². The molecule has 0 aromatic heterocycles. The summed E-state index contributed by atoms with van der Waals surface area (Å²) in [5.41, 5.74) is -0.151. The second-order valence-corrected chi connectivity index (χ2v) is 6.18. The summed E-state index contributed by atoms with van der Waals surface area (Å²) >= 11 is 0. The lowest BCUT2D eigenvalue weighted by molar-refractivity contribution is 0.282. The van der Waals surface area contributed by atoms with Gasteiger partial charge in [-0.15, -0.1) is 0 Å². The van der Waals surface area contributed by atoms with Crippen LogP contribution in [0.15, 0.2) is 0 Å². The van der Waals surface area contributed by atoms with Gasteiger partial charge in [0.25, 0.3) is 0 Å². The molecule has 0 aromatic carbocycles. The van der Waals surface area contributed by atoms with Crippen LogP contribution in [0.2, 0.25) is 0 Å². The largest absolute Gasteiger partial charge is 0.314 e. The summed E-state index contributed by atoms with van der Waals surface area (Å²) in [5, 5.41) is 12.6. The molecule has 1 aliphatic carbocycles. The van der Waals surface area contributed by atoms with Crippen LogP contribution in [0.1, 0.15) is 65.7 Å². The fourth-order valence-corrected chi connectivity index (χ4v) is 2.67. The average molecular weight is 236 g/mol. The molecule has 0 amide bonds. The fraction of sp³-hybridized carbons (Fsp3) is 0.933. The molecule has 0 aliphatic heterocycles. The van der Waals surface area contributed by atoms with E-state index in [9.17, 15) is 0 Å². The van der Waals surface area contributed by atoms with Crippen molar-refractivity contribution in [2.75, 3.05) is 6.54 Å². The Kier molecular flexibility index (Phi) is 5.98. The molecule has 1 saturated carbocycles. The SMILES string of the molecule is CCC1CCC(NCCCC(C)(C)C#N)CC1. The Labute approximate surface area is 107 Å². The van der Waals surface area contributed by atoms with Gasteiger partial charge in [0.05, 0.1) is 11.5 Å². The Morgan fingerprint density at radius 3 is 2.41 bits per heavy atom. The fourth-order valence-electron chi connectivity index (χ4n) is 2.67. The lowest BCUT2D eigenvalue weighted by Gasteiger charge is -2.28. The number of nitriles is 1. The predicted octanol–water partition coefficient (Wildman–Crippen LogP) is 3.87. The summed E-state index contributed by atoms with van der Waals surface area (Å²) in [7, 11) is 0. The highest BCUT2D eigenvalue weighted by Crippen LogP contribution is 2.26. The van der Waals surface area contributed by atoms with Crippen LogP contribution < -0.4 is 5.32 Å². The van der Waals surface area contributed by atoms with Crippen LogP contribution in [-0.2, 0) is 0 Å². The molecule has 1 fully saturated rings. The zero-order chi connectivity index (χ0) is 12.7. The van der Waals surface area contributed by atoms with Crippen molar-refractivity contribution in [1.29, 1.82) is 5.26 Å². The van der Waals surface area contributed by atoms with E-state index in [1.165, 1.54) is 32.1 Å². The Morgan fingerprint density at radius 1 is 1.24 bits per heavy atom. The van der Waals surface area contributed by atoms with E-state index >= 15 is 0 Å². The molecule has 0 unspecified atom stereocenters. The van der Waals surface area contributed by atoms with Gasteiger partial charge in [0.1, 0.15) is 0 Å². The minimum absolute atomic E-state index is 0.151. The second kappa shape index (κ2) is 7.01. The molecule has 0 spiro atoms. The van der Waals surface area contributed by atoms with Crippen molar-refractivity contribution in [1.82, 2.24) is 5.32 Å². The van der Waals surface area contributed by atoms with E-state index < -0.39 is 0 Å². The molecular weight excluding hydrogens is 208 g/mol. The van der Waals surface area contributed by atoms with Crippen molar-refractivity contribution in [3.8, 4) is 6.07 Å². The molecule has 0 radical (unpaired) electrons. The minimum Gasteiger partial charge on any atom is -0.314 e. The van der Waals surface area contributed by atoms with Crippen molar-refractivity contribution in [3.05, 3.63) is 0 Å². The number of nitrogens with zero attached hydrogens (tertiary/aromatic N) is 1. The van der Waals surface area contributed by atoms with Gasteiger partial charge in [-0.25, -0.2) is 0 Å². The van der Waals surface area contributed by atoms with Gasteiger partial charge in [0.2, 0.25) is 0 Å². The maximum Gasteiger partial charge on any atom is 0.0683 e. The normalized spacial score (nSPS) is 25.5. The minimum atomic E-state index is -0.151. The quantitative estimate of drug-likeness (QED) is 0.710. The van der Waals surface area contributed by atoms with Gasteiger partial charge in [0.15, 0.2) is 0 Å². The van der Waals surface area contributed by atoms with Crippen LogP contribution in [0.4, 0.5) is 0 Å². The van der Waals surface area contributed by atoms with E-state index in [0.29, 0.717) is 0 Å². The van der Waals surface area contributed by atoms with Crippen molar-refractivity contribution < 1.29 is 0 Å². The van der Waals surface area contributed by atoms with Gasteiger partial charge in [-0.3, -0.25) is 0 Å². The molecule has 1 aliphatic rings. The third kappa shape index (κ3) is 5.55. The molecule has 0 bridgehead atoms. The maximum atomic E-state index is 8.93. The van der Waals surface area contributed by atoms with E-state index in [2.05, 4.69) is 18.3 Å². The summed E-state index contributed by atoms with van der Waals surface area (Å²) in [4.78, 5) is 0. The molecule has 17 heavy (non-hydrogen) atoms. The van der Waals surface area contributed by atoms with Crippen molar-refractivity contribution in [3.63, 3.8) is 0 Å². The maximum absolute atomic E-state index is 8.93. The molecule has 0 atom stereocenters. The van der Waals surface area contributed by atoms with Crippen LogP contribution in [0, 0.1) is 22.7 Å². The molecule has 98 valence electrons. The second-order valence-electron chi connectivity index (χ2n) is 6.18. The molecule has 1 N–H and O–H groups in total. The number of nitrogens with one attached hydrogen (secondary N) is 1. The number of hydrogen-bond donors (Lipinski definition) is 1. The first-order chi connectivity index (χ1) is 8.07. The summed E-state index contributed by atoms with van der Waals surface area (Å²) in [6.45, 7) is 7.44. The molecule has 0 aromatic rings. The van der Waals surface area contributed by atoms with E-state index in [1.54, 1.807) is 0 Å². The standard InChI is InChI=1S/C15H28N2/c1-4-13-6-8-14(9-7-13)17-11-5-10-15(2,3)12-16/h13-14,17H,4-11H2,1-3H3. The van der Waals surface area contributed by atoms with Crippen LogP contribution in [0.5, 0.6) is 0 Å². The van der Waals surface area contributed by atoms with Gasteiger partial charge in [0, 0.05) is 6.04 Å². The highest BCUT2D eigenvalue weighted by atomic mass is 14.9. The molecular formula is C15H28N2. The Balaban J connectivity index is 2.07. The summed E-state index contributed by atoms with van der Waals surface area (Å²) in [6, 6.07) is 3.10.